The lowest BCUT2D eigenvalue weighted by Gasteiger charge is -2.13. The lowest BCUT2D eigenvalue weighted by molar-refractivity contribution is -0.113. The zero-order chi connectivity index (χ0) is 23.4. The van der Waals surface area contributed by atoms with E-state index < -0.39 is 0 Å². The zero-order valence-electron chi connectivity index (χ0n) is 18.5. The fourth-order valence-corrected chi connectivity index (χ4v) is 4.87. The Morgan fingerprint density at radius 1 is 1.09 bits per heavy atom. The van der Waals surface area contributed by atoms with Gasteiger partial charge in [-0.05, 0) is 36.1 Å². The molecule has 33 heavy (non-hydrogen) atoms. The molecule has 0 aliphatic rings. The standard InChI is InChI=1S/C24H23N3O4S2/c1-15-4-6-16(7-5-15)13-27-23(29)22-18(10-11-32-22)26-24(27)33-14-21(28)25-17-8-9-19(30-2)20(12-17)31-3/h4-12H,13-14H2,1-3H3,(H,25,28). The molecule has 4 aromatic rings. The molecule has 2 heterocycles. The number of rotatable bonds is 8. The van der Waals surface area contributed by atoms with Crippen molar-refractivity contribution < 1.29 is 14.3 Å². The second kappa shape index (κ2) is 10.1. The summed E-state index contributed by atoms with van der Waals surface area (Å²) in [6.07, 6.45) is 0. The largest absolute Gasteiger partial charge is 0.493 e. The summed E-state index contributed by atoms with van der Waals surface area (Å²) in [5.74, 6) is 0.996. The molecule has 0 bridgehead atoms. The number of aryl methyl sites for hydroxylation is 1. The Kier molecular flexibility index (Phi) is 7.00. The first kappa shape index (κ1) is 22.9. The number of benzene rings is 2. The van der Waals surface area contributed by atoms with Gasteiger partial charge in [-0.25, -0.2) is 4.98 Å². The van der Waals surface area contributed by atoms with Gasteiger partial charge in [-0.2, -0.15) is 0 Å². The third-order valence-corrected chi connectivity index (χ3v) is 6.86. The molecule has 9 heteroatoms. The van der Waals surface area contributed by atoms with E-state index in [9.17, 15) is 9.59 Å². The van der Waals surface area contributed by atoms with E-state index in [0.29, 0.717) is 39.1 Å². The maximum Gasteiger partial charge on any atom is 0.272 e. The fraction of sp³-hybridized carbons (Fsp3) is 0.208. The molecule has 0 unspecified atom stereocenters. The molecule has 1 amide bonds. The Morgan fingerprint density at radius 3 is 2.58 bits per heavy atom. The first-order valence-corrected chi connectivity index (χ1v) is 12.0. The van der Waals surface area contributed by atoms with Gasteiger partial charge in [-0.15, -0.1) is 11.3 Å². The van der Waals surface area contributed by atoms with Crippen LogP contribution in [-0.2, 0) is 11.3 Å². The van der Waals surface area contributed by atoms with Crippen LogP contribution in [0.25, 0.3) is 10.2 Å². The highest BCUT2D eigenvalue weighted by molar-refractivity contribution is 7.99. The van der Waals surface area contributed by atoms with Gasteiger partial charge in [0.15, 0.2) is 16.7 Å². The predicted octanol–water partition coefficient (Wildman–Crippen LogP) is 4.56. The maximum absolute atomic E-state index is 13.1. The van der Waals surface area contributed by atoms with E-state index in [4.69, 9.17) is 9.47 Å². The van der Waals surface area contributed by atoms with Gasteiger partial charge in [0.2, 0.25) is 5.91 Å². The Hall–Kier alpha value is -3.30. The number of hydrogen-bond acceptors (Lipinski definition) is 7. The van der Waals surface area contributed by atoms with E-state index in [0.717, 1.165) is 11.1 Å². The summed E-state index contributed by atoms with van der Waals surface area (Å²) in [4.78, 5) is 30.4. The third-order valence-electron chi connectivity index (χ3n) is 4.99. The number of methoxy groups -OCH3 is 2. The van der Waals surface area contributed by atoms with Crippen LogP contribution in [0.5, 0.6) is 11.5 Å². The molecule has 0 aliphatic heterocycles. The first-order chi connectivity index (χ1) is 16.0. The van der Waals surface area contributed by atoms with Crippen molar-refractivity contribution in [3.8, 4) is 11.5 Å². The molecule has 0 spiro atoms. The molecular formula is C24H23N3O4S2. The molecule has 2 aromatic carbocycles. The lowest BCUT2D eigenvalue weighted by Crippen LogP contribution is -2.24. The summed E-state index contributed by atoms with van der Waals surface area (Å²) in [6, 6.07) is 15.0. The minimum absolute atomic E-state index is 0.0987. The van der Waals surface area contributed by atoms with Crippen molar-refractivity contribution in [3.05, 3.63) is 75.4 Å². The molecular weight excluding hydrogens is 458 g/mol. The smallest absolute Gasteiger partial charge is 0.272 e. The normalized spacial score (nSPS) is 10.9. The van der Waals surface area contributed by atoms with Gasteiger partial charge < -0.3 is 14.8 Å². The predicted molar refractivity (Wildman–Crippen MR) is 133 cm³/mol. The van der Waals surface area contributed by atoms with Gasteiger partial charge in [-0.3, -0.25) is 14.2 Å². The zero-order valence-corrected chi connectivity index (χ0v) is 20.1. The maximum atomic E-state index is 13.1. The van der Waals surface area contributed by atoms with Gasteiger partial charge in [0.25, 0.3) is 5.56 Å². The van der Waals surface area contributed by atoms with E-state index in [2.05, 4.69) is 10.3 Å². The Balaban J connectivity index is 1.54. The molecule has 0 atom stereocenters. The number of carbonyl (C=O) groups is 1. The van der Waals surface area contributed by atoms with Crippen molar-refractivity contribution >= 4 is 44.9 Å². The van der Waals surface area contributed by atoms with Crippen LogP contribution in [0.2, 0.25) is 0 Å². The van der Waals surface area contributed by atoms with Crippen LogP contribution in [0.3, 0.4) is 0 Å². The Labute approximate surface area is 199 Å². The van der Waals surface area contributed by atoms with Crippen LogP contribution in [0.4, 0.5) is 5.69 Å². The first-order valence-electron chi connectivity index (χ1n) is 10.2. The minimum atomic E-state index is -0.214. The molecule has 2 aromatic heterocycles. The third kappa shape index (κ3) is 5.20. The molecule has 0 saturated carbocycles. The highest BCUT2D eigenvalue weighted by Gasteiger charge is 2.15. The van der Waals surface area contributed by atoms with Crippen molar-refractivity contribution in [2.75, 3.05) is 25.3 Å². The van der Waals surface area contributed by atoms with E-state index in [1.54, 1.807) is 37.0 Å². The van der Waals surface area contributed by atoms with Gasteiger partial charge >= 0.3 is 0 Å². The number of nitrogens with one attached hydrogen (secondary N) is 1. The quantitative estimate of drug-likeness (QED) is 0.293. The van der Waals surface area contributed by atoms with Gasteiger partial charge in [0.1, 0.15) is 4.70 Å². The van der Waals surface area contributed by atoms with Crippen LogP contribution in [0, 0.1) is 6.92 Å². The lowest BCUT2D eigenvalue weighted by atomic mass is 10.1. The average Bonchev–Trinajstić information content (AvgIpc) is 3.30. The van der Waals surface area contributed by atoms with E-state index in [1.165, 1.54) is 23.1 Å². The fourth-order valence-electron chi connectivity index (χ4n) is 3.29. The van der Waals surface area contributed by atoms with Gasteiger partial charge in [0.05, 0.1) is 32.0 Å². The second-order valence-corrected chi connectivity index (χ2v) is 9.17. The summed E-state index contributed by atoms with van der Waals surface area (Å²) in [7, 11) is 3.10. The highest BCUT2D eigenvalue weighted by atomic mass is 32.2. The SMILES string of the molecule is COc1ccc(NC(=O)CSc2nc3ccsc3c(=O)n2Cc2ccc(C)cc2)cc1OC. The Morgan fingerprint density at radius 2 is 1.85 bits per heavy atom. The molecule has 7 nitrogen and oxygen atoms in total. The van der Waals surface area contributed by atoms with E-state index in [-0.39, 0.29) is 17.2 Å². The van der Waals surface area contributed by atoms with Crippen molar-refractivity contribution in [2.45, 2.75) is 18.6 Å². The van der Waals surface area contributed by atoms with Crippen LogP contribution < -0.4 is 20.3 Å². The van der Waals surface area contributed by atoms with Crippen LogP contribution in [0.15, 0.2) is 63.9 Å². The molecule has 0 saturated heterocycles. The molecule has 170 valence electrons. The number of anilines is 1. The van der Waals surface area contributed by atoms with Crippen molar-refractivity contribution in [2.24, 2.45) is 0 Å². The molecule has 0 fully saturated rings. The van der Waals surface area contributed by atoms with E-state index in [1.807, 2.05) is 42.6 Å². The number of carbonyl (C=O) groups excluding carboxylic acids is 1. The number of thioether (sulfide) groups is 1. The molecule has 4 rings (SSSR count). The monoisotopic (exact) mass is 481 g/mol. The van der Waals surface area contributed by atoms with Gasteiger partial charge in [-0.1, -0.05) is 41.6 Å². The highest BCUT2D eigenvalue weighted by Crippen LogP contribution is 2.30. The number of amides is 1. The molecule has 1 N–H and O–H groups in total. The number of fused-ring (bicyclic) bond motifs is 1. The van der Waals surface area contributed by atoms with Crippen LogP contribution in [0.1, 0.15) is 11.1 Å². The number of thiophene rings is 1. The second-order valence-electron chi connectivity index (χ2n) is 7.31. The van der Waals surface area contributed by atoms with Crippen molar-refractivity contribution in [3.63, 3.8) is 0 Å². The minimum Gasteiger partial charge on any atom is -0.493 e. The summed E-state index contributed by atoms with van der Waals surface area (Å²) in [6.45, 7) is 2.41. The summed E-state index contributed by atoms with van der Waals surface area (Å²) in [5.41, 5.74) is 3.29. The average molecular weight is 482 g/mol. The topological polar surface area (TPSA) is 82.5 Å². The van der Waals surface area contributed by atoms with Crippen molar-refractivity contribution in [1.82, 2.24) is 9.55 Å². The number of ether oxygens (including phenoxy) is 2. The number of aromatic nitrogens is 2. The van der Waals surface area contributed by atoms with Gasteiger partial charge in [0, 0.05) is 11.8 Å². The summed E-state index contributed by atoms with van der Waals surface area (Å²) < 4.78 is 12.8. The van der Waals surface area contributed by atoms with E-state index >= 15 is 0 Å². The van der Waals surface area contributed by atoms with Crippen LogP contribution in [-0.4, -0.2) is 35.4 Å². The Bertz CT molecular complexity index is 1350. The summed E-state index contributed by atoms with van der Waals surface area (Å²) in [5, 5.41) is 5.21. The van der Waals surface area contributed by atoms with Crippen LogP contribution >= 0.6 is 23.1 Å². The summed E-state index contributed by atoms with van der Waals surface area (Å²) >= 11 is 2.61. The van der Waals surface area contributed by atoms with Crippen molar-refractivity contribution in [1.29, 1.82) is 0 Å². The molecule has 0 aliphatic carbocycles. The number of nitrogens with zero attached hydrogens (tertiary/aromatic N) is 2. The molecule has 0 radical (unpaired) electrons. The number of hydrogen-bond donors (Lipinski definition) is 1.